The quantitative estimate of drug-likeness (QED) is 0.609. The van der Waals surface area contributed by atoms with Crippen LogP contribution in [-0.4, -0.2) is 19.0 Å². The normalized spacial score (nSPS) is 30.6. The van der Waals surface area contributed by atoms with Gasteiger partial charge in [0.25, 0.3) is 0 Å². The summed E-state index contributed by atoms with van der Waals surface area (Å²) in [6, 6.07) is 2.17. The van der Waals surface area contributed by atoms with E-state index >= 15 is 0 Å². The predicted octanol–water partition coefficient (Wildman–Crippen LogP) is 3.67. The van der Waals surface area contributed by atoms with Crippen molar-refractivity contribution in [2.45, 2.75) is 12.8 Å². The summed E-state index contributed by atoms with van der Waals surface area (Å²) >= 11 is 3.00. The van der Waals surface area contributed by atoms with Crippen LogP contribution >= 0.6 is 15.9 Å². The number of anilines is 1. The van der Waals surface area contributed by atoms with Crippen LogP contribution in [0, 0.1) is 40.7 Å². The third-order valence-corrected chi connectivity index (χ3v) is 6.33. The molecule has 2 saturated carbocycles. The number of carbonyl (C=O) groups is 2. The van der Waals surface area contributed by atoms with E-state index in [2.05, 4.69) is 21.2 Å². The van der Waals surface area contributed by atoms with E-state index in [1.165, 1.54) is 7.11 Å². The van der Waals surface area contributed by atoms with Crippen molar-refractivity contribution in [3.63, 3.8) is 0 Å². The van der Waals surface area contributed by atoms with Gasteiger partial charge >= 0.3 is 5.97 Å². The topological polar surface area (TPSA) is 55.4 Å². The lowest BCUT2D eigenvalue weighted by Crippen LogP contribution is -2.37. The highest BCUT2D eigenvalue weighted by atomic mass is 79.9. The standard InChI is InChI=1S/C18H16BrF2NO3/c1-25-17(24)14-10-3-2-9(18(10)4-5-18)13(14)16(23)22-15-11(20)6-8(19)7-12(15)21/h2-3,6-7,9-10,13-14H,4-5H2,1H3,(H,22,23)/t9-,10+,13?,14+/m0/s1. The molecule has 4 atom stereocenters. The molecule has 4 nitrogen and oxygen atoms in total. The first-order chi connectivity index (χ1) is 11.9. The Balaban J connectivity index is 1.65. The Bertz CT molecular complexity index is 783. The molecule has 1 spiro atoms. The molecule has 3 aliphatic rings. The van der Waals surface area contributed by atoms with Gasteiger partial charge in [0.15, 0.2) is 11.6 Å². The van der Waals surface area contributed by atoms with Crippen LogP contribution in [0.15, 0.2) is 28.8 Å². The summed E-state index contributed by atoms with van der Waals surface area (Å²) < 4.78 is 33.2. The van der Waals surface area contributed by atoms with Gasteiger partial charge in [0.05, 0.1) is 18.9 Å². The smallest absolute Gasteiger partial charge is 0.310 e. The van der Waals surface area contributed by atoms with Crippen molar-refractivity contribution in [1.29, 1.82) is 0 Å². The molecule has 1 aromatic rings. The van der Waals surface area contributed by atoms with Crippen LogP contribution in [-0.2, 0) is 14.3 Å². The van der Waals surface area contributed by atoms with E-state index in [0.717, 1.165) is 25.0 Å². The first-order valence-electron chi connectivity index (χ1n) is 8.10. The van der Waals surface area contributed by atoms with Crippen molar-refractivity contribution in [3.8, 4) is 0 Å². The molecule has 7 heteroatoms. The van der Waals surface area contributed by atoms with E-state index in [1.54, 1.807) is 0 Å². The minimum atomic E-state index is -0.866. The first kappa shape index (κ1) is 16.7. The van der Waals surface area contributed by atoms with Crippen LogP contribution in [0.5, 0.6) is 0 Å². The Morgan fingerprint density at radius 1 is 1.16 bits per heavy atom. The number of benzene rings is 1. The Morgan fingerprint density at radius 2 is 1.72 bits per heavy atom. The van der Waals surface area contributed by atoms with Gasteiger partial charge in [-0.1, -0.05) is 28.1 Å². The highest BCUT2D eigenvalue weighted by Crippen LogP contribution is 2.72. The molecule has 0 radical (unpaired) electrons. The van der Waals surface area contributed by atoms with Crippen LogP contribution in [0.2, 0.25) is 0 Å². The van der Waals surface area contributed by atoms with E-state index in [9.17, 15) is 18.4 Å². The SMILES string of the molecule is COC(=O)[C@H]1C(C(=O)Nc2c(F)cc(Br)cc2F)[C@@H]2C=C[C@H]1C21CC1. The molecule has 0 heterocycles. The molecule has 4 rings (SSSR count). The maximum absolute atomic E-state index is 14.0. The number of hydrogen-bond donors (Lipinski definition) is 1. The second-order valence-electron chi connectivity index (χ2n) is 6.98. The number of rotatable bonds is 3. The van der Waals surface area contributed by atoms with Crippen molar-refractivity contribution >= 4 is 33.5 Å². The Hall–Kier alpha value is -1.76. The van der Waals surface area contributed by atoms with Gasteiger partial charge < -0.3 is 10.1 Å². The summed E-state index contributed by atoms with van der Waals surface area (Å²) in [6.07, 6.45) is 5.86. The number of nitrogens with one attached hydrogen (secondary N) is 1. The van der Waals surface area contributed by atoms with E-state index in [1.807, 2.05) is 12.2 Å². The molecule has 1 aromatic carbocycles. The molecule has 1 unspecified atom stereocenters. The molecule has 132 valence electrons. The number of esters is 1. The van der Waals surface area contributed by atoms with Gasteiger partial charge in [-0.25, -0.2) is 8.78 Å². The molecule has 2 fully saturated rings. The van der Waals surface area contributed by atoms with E-state index in [0.29, 0.717) is 0 Å². The second-order valence-corrected chi connectivity index (χ2v) is 7.89. The Morgan fingerprint density at radius 3 is 2.24 bits per heavy atom. The Kier molecular flexibility index (Phi) is 3.76. The molecular formula is C18H16BrF2NO3. The van der Waals surface area contributed by atoms with E-state index in [-0.39, 0.29) is 21.7 Å². The molecule has 0 aliphatic heterocycles. The largest absolute Gasteiger partial charge is 0.469 e. The molecule has 0 aromatic heterocycles. The zero-order valence-corrected chi connectivity index (χ0v) is 15.0. The number of hydrogen-bond acceptors (Lipinski definition) is 3. The third kappa shape index (κ3) is 2.35. The maximum Gasteiger partial charge on any atom is 0.310 e. The molecule has 3 aliphatic carbocycles. The summed E-state index contributed by atoms with van der Waals surface area (Å²) in [5, 5.41) is 2.36. The zero-order valence-electron chi connectivity index (χ0n) is 13.4. The minimum absolute atomic E-state index is 0.0414. The Labute approximate surface area is 151 Å². The fraction of sp³-hybridized carbons (Fsp3) is 0.444. The van der Waals surface area contributed by atoms with Crippen molar-refractivity contribution in [3.05, 3.63) is 40.4 Å². The molecule has 0 saturated heterocycles. The predicted molar refractivity (Wildman–Crippen MR) is 89.5 cm³/mol. The molecular weight excluding hydrogens is 396 g/mol. The summed E-state index contributed by atoms with van der Waals surface area (Å²) in [6.45, 7) is 0. The zero-order chi connectivity index (χ0) is 17.9. The lowest BCUT2D eigenvalue weighted by atomic mass is 9.82. The highest BCUT2D eigenvalue weighted by molar-refractivity contribution is 9.10. The summed E-state index contributed by atoms with van der Waals surface area (Å²) in [4.78, 5) is 25.1. The van der Waals surface area contributed by atoms with Crippen molar-refractivity contribution < 1.29 is 23.1 Å². The molecule has 1 N–H and O–H groups in total. The fourth-order valence-electron chi connectivity index (χ4n) is 4.68. The monoisotopic (exact) mass is 411 g/mol. The van der Waals surface area contributed by atoms with Gasteiger partial charge in [0, 0.05) is 4.47 Å². The van der Waals surface area contributed by atoms with Crippen LogP contribution in [0.4, 0.5) is 14.5 Å². The van der Waals surface area contributed by atoms with E-state index < -0.39 is 41.0 Å². The highest BCUT2D eigenvalue weighted by Gasteiger charge is 2.70. The number of amides is 1. The van der Waals surface area contributed by atoms with Crippen LogP contribution in [0.3, 0.4) is 0 Å². The number of allylic oxidation sites excluding steroid dienone is 2. The van der Waals surface area contributed by atoms with Crippen LogP contribution in [0.25, 0.3) is 0 Å². The van der Waals surface area contributed by atoms with Crippen LogP contribution in [0.1, 0.15) is 12.8 Å². The van der Waals surface area contributed by atoms with Gasteiger partial charge in [-0.05, 0) is 42.2 Å². The molecule has 25 heavy (non-hydrogen) atoms. The minimum Gasteiger partial charge on any atom is -0.469 e. The van der Waals surface area contributed by atoms with Crippen LogP contribution < -0.4 is 5.32 Å². The lowest BCUT2D eigenvalue weighted by molar-refractivity contribution is -0.150. The van der Waals surface area contributed by atoms with Crippen molar-refractivity contribution in [1.82, 2.24) is 0 Å². The van der Waals surface area contributed by atoms with Crippen molar-refractivity contribution in [2.75, 3.05) is 12.4 Å². The third-order valence-electron chi connectivity index (χ3n) is 5.87. The average molecular weight is 412 g/mol. The van der Waals surface area contributed by atoms with Gasteiger partial charge in [-0.2, -0.15) is 0 Å². The van der Waals surface area contributed by atoms with Crippen molar-refractivity contribution in [2.24, 2.45) is 29.1 Å². The first-order valence-corrected chi connectivity index (χ1v) is 8.90. The number of methoxy groups -OCH3 is 1. The fourth-order valence-corrected chi connectivity index (χ4v) is 5.08. The average Bonchev–Trinajstić information content (AvgIpc) is 3.23. The van der Waals surface area contributed by atoms with E-state index in [4.69, 9.17) is 4.74 Å². The summed E-state index contributed by atoms with van der Waals surface area (Å²) in [5.74, 6) is -4.14. The summed E-state index contributed by atoms with van der Waals surface area (Å²) in [5.41, 5.74) is -0.550. The van der Waals surface area contributed by atoms with Gasteiger partial charge in [-0.15, -0.1) is 0 Å². The molecule has 2 bridgehead atoms. The lowest BCUT2D eigenvalue weighted by Gasteiger charge is -2.25. The number of halogens is 3. The number of ether oxygens (including phenoxy) is 1. The van der Waals surface area contributed by atoms with Gasteiger partial charge in [0.2, 0.25) is 5.91 Å². The van der Waals surface area contributed by atoms with Gasteiger partial charge in [-0.3, -0.25) is 9.59 Å². The molecule has 1 amide bonds. The second kappa shape index (κ2) is 5.62. The number of carbonyl (C=O) groups excluding carboxylic acids is 2. The maximum atomic E-state index is 14.0. The summed E-state index contributed by atoms with van der Waals surface area (Å²) in [7, 11) is 1.29. The van der Waals surface area contributed by atoms with Gasteiger partial charge in [0.1, 0.15) is 5.69 Å².